The molecule has 0 bridgehead atoms. The van der Waals surface area contributed by atoms with Crippen LogP contribution >= 0.6 is 0 Å². The van der Waals surface area contributed by atoms with Gasteiger partial charge in [0.25, 0.3) is 0 Å². The smallest absolute Gasteiger partial charge is 0.188 e. The zero-order valence-electron chi connectivity index (χ0n) is 9.24. The van der Waals surface area contributed by atoms with Crippen LogP contribution in [0.15, 0.2) is 0 Å². The average molecular weight is 211 g/mol. The minimum absolute atomic E-state index is 0.217. The fourth-order valence-electron chi connectivity index (χ4n) is 2.83. The molecule has 0 aromatic heterocycles. The highest BCUT2D eigenvalue weighted by molar-refractivity contribution is 5.75. The van der Waals surface area contributed by atoms with E-state index in [2.05, 4.69) is 0 Å². The zero-order chi connectivity index (χ0) is 10.7. The van der Waals surface area contributed by atoms with Crippen molar-refractivity contribution in [3.05, 3.63) is 0 Å². The molecule has 0 aromatic carbocycles. The van der Waals surface area contributed by atoms with Crippen LogP contribution in [0.5, 0.6) is 0 Å². The van der Waals surface area contributed by atoms with Crippen LogP contribution < -0.4 is 5.73 Å². The Morgan fingerprint density at radius 2 is 2.00 bits per heavy atom. The predicted octanol–water partition coefficient (Wildman–Crippen LogP) is 1.16. The SMILES string of the molecule is N=C(N)N1CCOCC1C1CCCCC1. The Morgan fingerprint density at radius 3 is 2.67 bits per heavy atom. The number of ether oxygens (including phenoxy) is 1. The molecule has 1 atom stereocenters. The Kier molecular flexibility index (Phi) is 3.46. The maximum Gasteiger partial charge on any atom is 0.188 e. The maximum absolute atomic E-state index is 7.59. The van der Waals surface area contributed by atoms with E-state index in [0.717, 1.165) is 13.2 Å². The van der Waals surface area contributed by atoms with E-state index in [-0.39, 0.29) is 5.96 Å². The van der Waals surface area contributed by atoms with Gasteiger partial charge in [0.1, 0.15) is 0 Å². The number of hydrogen-bond acceptors (Lipinski definition) is 2. The van der Waals surface area contributed by atoms with Gasteiger partial charge < -0.3 is 15.4 Å². The highest BCUT2D eigenvalue weighted by Crippen LogP contribution is 2.30. The largest absolute Gasteiger partial charge is 0.377 e. The van der Waals surface area contributed by atoms with Gasteiger partial charge in [-0.2, -0.15) is 0 Å². The van der Waals surface area contributed by atoms with Crippen molar-refractivity contribution in [3.8, 4) is 0 Å². The van der Waals surface area contributed by atoms with E-state index in [4.69, 9.17) is 15.9 Å². The van der Waals surface area contributed by atoms with Crippen LogP contribution in [0.4, 0.5) is 0 Å². The van der Waals surface area contributed by atoms with Gasteiger partial charge in [-0.05, 0) is 18.8 Å². The number of guanidine groups is 1. The summed E-state index contributed by atoms with van der Waals surface area (Å²) < 4.78 is 5.52. The number of hydrogen-bond donors (Lipinski definition) is 2. The standard InChI is InChI=1S/C11H21N3O/c12-11(13)14-6-7-15-8-10(14)9-4-2-1-3-5-9/h9-10H,1-8H2,(H3,12,13). The Bertz CT molecular complexity index is 226. The summed E-state index contributed by atoms with van der Waals surface area (Å²) in [4.78, 5) is 2.03. The van der Waals surface area contributed by atoms with Gasteiger partial charge in [-0.1, -0.05) is 19.3 Å². The fourth-order valence-corrected chi connectivity index (χ4v) is 2.83. The van der Waals surface area contributed by atoms with Crippen molar-refractivity contribution in [1.29, 1.82) is 5.41 Å². The molecule has 0 radical (unpaired) electrons. The third-order valence-corrected chi connectivity index (χ3v) is 3.67. The molecular formula is C11H21N3O. The van der Waals surface area contributed by atoms with Gasteiger partial charge in [-0.25, -0.2) is 0 Å². The number of nitrogens with one attached hydrogen (secondary N) is 1. The second kappa shape index (κ2) is 4.84. The molecule has 3 N–H and O–H groups in total. The Hall–Kier alpha value is -0.770. The number of rotatable bonds is 1. The zero-order valence-corrected chi connectivity index (χ0v) is 9.24. The predicted molar refractivity (Wildman–Crippen MR) is 59.8 cm³/mol. The van der Waals surface area contributed by atoms with Gasteiger partial charge in [0, 0.05) is 6.54 Å². The lowest BCUT2D eigenvalue weighted by Gasteiger charge is -2.41. The molecule has 1 heterocycles. The van der Waals surface area contributed by atoms with Gasteiger partial charge in [-0.3, -0.25) is 5.41 Å². The van der Waals surface area contributed by atoms with Crippen LogP contribution in [0.3, 0.4) is 0 Å². The molecule has 1 unspecified atom stereocenters. The first-order valence-corrected chi connectivity index (χ1v) is 5.97. The van der Waals surface area contributed by atoms with E-state index in [1.807, 2.05) is 4.90 Å². The van der Waals surface area contributed by atoms with E-state index in [0.29, 0.717) is 18.6 Å². The molecule has 1 saturated carbocycles. The Morgan fingerprint density at radius 1 is 1.27 bits per heavy atom. The first kappa shape index (κ1) is 10.7. The van der Waals surface area contributed by atoms with Crippen LogP contribution in [0, 0.1) is 11.3 Å². The molecule has 86 valence electrons. The summed E-state index contributed by atoms with van der Waals surface area (Å²) in [7, 11) is 0. The molecule has 4 nitrogen and oxygen atoms in total. The van der Waals surface area contributed by atoms with E-state index in [9.17, 15) is 0 Å². The summed E-state index contributed by atoms with van der Waals surface area (Å²) in [5.74, 6) is 0.900. The third-order valence-electron chi connectivity index (χ3n) is 3.67. The van der Waals surface area contributed by atoms with Crippen molar-refractivity contribution in [1.82, 2.24) is 4.90 Å². The van der Waals surface area contributed by atoms with Gasteiger partial charge in [0.05, 0.1) is 19.3 Å². The molecule has 0 aromatic rings. The topological polar surface area (TPSA) is 62.3 Å². The second-order valence-corrected chi connectivity index (χ2v) is 4.62. The highest BCUT2D eigenvalue weighted by Gasteiger charge is 2.31. The van der Waals surface area contributed by atoms with Crippen molar-refractivity contribution in [2.45, 2.75) is 38.1 Å². The lowest BCUT2D eigenvalue weighted by atomic mass is 9.83. The molecule has 15 heavy (non-hydrogen) atoms. The fraction of sp³-hybridized carbons (Fsp3) is 0.909. The molecule has 1 saturated heterocycles. The molecule has 2 aliphatic rings. The minimum Gasteiger partial charge on any atom is -0.377 e. The summed E-state index contributed by atoms with van der Waals surface area (Å²) in [5.41, 5.74) is 5.62. The van der Waals surface area contributed by atoms with Gasteiger partial charge in [0.2, 0.25) is 0 Å². The maximum atomic E-state index is 7.59. The first-order chi connectivity index (χ1) is 7.29. The molecule has 2 rings (SSSR count). The van der Waals surface area contributed by atoms with Crippen molar-refractivity contribution in [2.24, 2.45) is 11.7 Å². The lowest BCUT2D eigenvalue weighted by Crippen LogP contribution is -2.54. The van der Waals surface area contributed by atoms with Crippen LogP contribution in [0.1, 0.15) is 32.1 Å². The van der Waals surface area contributed by atoms with Crippen LogP contribution in [0.25, 0.3) is 0 Å². The molecule has 1 aliphatic heterocycles. The van der Waals surface area contributed by atoms with Crippen LogP contribution in [0.2, 0.25) is 0 Å². The summed E-state index contributed by atoms with van der Waals surface area (Å²) >= 11 is 0. The van der Waals surface area contributed by atoms with Crippen LogP contribution in [-0.2, 0) is 4.74 Å². The molecule has 0 amide bonds. The van der Waals surface area contributed by atoms with E-state index < -0.39 is 0 Å². The number of nitrogens with zero attached hydrogens (tertiary/aromatic N) is 1. The second-order valence-electron chi connectivity index (χ2n) is 4.62. The summed E-state index contributed by atoms with van der Waals surface area (Å²) in [6.45, 7) is 2.25. The van der Waals surface area contributed by atoms with Crippen LogP contribution in [-0.4, -0.2) is 36.7 Å². The quantitative estimate of drug-likeness (QED) is 0.505. The normalized spacial score (nSPS) is 29.1. The Balaban J connectivity index is 1.99. The summed E-state index contributed by atoms with van der Waals surface area (Å²) in [6, 6.07) is 0.358. The van der Waals surface area contributed by atoms with Gasteiger partial charge >= 0.3 is 0 Å². The van der Waals surface area contributed by atoms with Crippen molar-refractivity contribution >= 4 is 5.96 Å². The van der Waals surface area contributed by atoms with E-state index in [1.165, 1.54) is 32.1 Å². The molecule has 0 spiro atoms. The monoisotopic (exact) mass is 211 g/mol. The van der Waals surface area contributed by atoms with Gasteiger partial charge in [0.15, 0.2) is 5.96 Å². The molecule has 4 heteroatoms. The molecule has 2 fully saturated rings. The molecule has 1 aliphatic carbocycles. The third kappa shape index (κ3) is 2.43. The van der Waals surface area contributed by atoms with Crippen molar-refractivity contribution in [3.63, 3.8) is 0 Å². The number of morpholine rings is 1. The average Bonchev–Trinajstić information content (AvgIpc) is 2.30. The highest BCUT2D eigenvalue weighted by atomic mass is 16.5. The van der Waals surface area contributed by atoms with E-state index in [1.54, 1.807) is 0 Å². The Labute approximate surface area is 91.3 Å². The minimum atomic E-state index is 0.217. The van der Waals surface area contributed by atoms with Gasteiger partial charge in [-0.15, -0.1) is 0 Å². The number of nitrogens with two attached hydrogens (primary N) is 1. The van der Waals surface area contributed by atoms with Crippen molar-refractivity contribution in [2.75, 3.05) is 19.8 Å². The first-order valence-electron chi connectivity index (χ1n) is 5.97. The molecular weight excluding hydrogens is 190 g/mol. The van der Waals surface area contributed by atoms with E-state index >= 15 is 0 Å². The summed E-state index contributed by atoms with van der Waals surface area (Å²) in [5, 5.41) is 7.59. The van der Waals surface area contributed by atoms with Crippen molar-refractivity contribution < 1.29 is 4.74 Å². The lowest BCUT2D eigenvalue weighted by molar-refractivity contribution is -0.00441. The summed E-state index contributed by atoms with van der Waals surface area (Å²) in [6.07, 6.45) is 6.57.